The average Bonchev–Trinajstić information content (AvgIpc) is 3.06. The molecular weight excluding hydrogens is 348 g/mol. The van der Waals surface area contributed by atoms with Gasteiger partial charge < -0.3 is 18.9 Å². The Morgan fingerprint density at radius 2 is 1.56 bits per heavy atom. The molecule has 0 spiro atoms. The Balaban J connectivity index is 2.24. The highest BCUT2D eigenvalue weighted by Gasteiger charge is 2.26. The number of ether oxygens (including phenoxy) is 4. The molecule has 1 N–H and O–H groups in total. The lowest BCUT2D eigenvalue weighted by atomic mass is 10.0. The fourth-order valence-corrected chi connectivity index (χ4v) is 3.58. The third kappa shape index (κ3) is 3.10. The first kappa shape index (κ1) is 17.4. The van der Waals surface area contributed by atoms with Crippen LogP contribution in [0, 0.1) is 0 Å². The Morgan fingerprint density at radius 1 is 0.960 bits per heavy atom. The minimum absolute atomic E-state index is 0.207. The van der Waals surface area contributed by atoms with Gasteiger partial charge in [0.05, 0.1) is 27.9 Å². The molecule has 1 aliphatic heterocycles. The molecular formula is C17H18O7S. The molecule has 134 valence electrons. The number of methoxy groups -OCH3 is 3. The van der Waals surface area contributed by atoms with Crippen LogP contribution in [0.5, 0.6) is 23.0 Å². The highest BCUT2D eigenvalue weighted by Crippen LogP contribution is 2.43. The van der Waals surface area contributed by atoms with Crippen LogP contribution in [-0.4, -0.2) is 40.9 Å². The lowest BCUT2D eigenvalue weighted by molar-refractivity contribution is 0.324. The van der Waals surface area contributed by atoms with Crippen LogP contribution >= 0.6 is 0 Å². The predicted octanol–water partition coefficient (Wildman–Crippen LogP) is 2.56. The molecule has 0 saturated heterocycles. The average molecular weight is 366 g/mol. The second-order valence-corrected chi connectivity index (χ2v) is 6.84. The summed E-state index contributed by atoms with van der Waals surface area (Å²) < 4.78 is 54.3. The summed E-state index contributed by atoms with van der Waals surface area (Å²) in [6.07, 6.45) is 0.566. The van der Waals surface area contributed by atoms with E-state index in [1.54, 1.807) is 12.1 Å². The van der Waals surface area contributed by atoms with E-state index in [1.165, 1.54) is 27.4 Å². The van der Waals surface area contributed by atoms with Gasteiger partial charge in [0.15, 0.2) is 11.5 Å². The van der Waals surface area contributed by atoms with Gasteiger partial charge in [-0.15, -0.1) is 0 Å². The van der Waals surface area contributed by atoms with E-state index < -0.39 is 10.1 Å². The lowest BCUT2D eigenvalue weighted by Gasteiger charge is -2.15. The fourth-order valence-electron chi connectivity index (χ4n) is 2.88. The zero-order valence-corrected chi connectivity index (χ0v) is 14.8. The van der Waals surface area contributed by atoms with Gasteiger partial charge in [-0.1, -0.05) is 0 Å². The molecule has 0 bridgehead atoms. The first-order valence-electron chi connectivity index (χ1n) is 7.46. The monoisotopic (exact) mass is 366 g/mol. The number of hydrogen-bond acceptors (Lipinski definition) is 6. The Bertz CT molecular complexity index is 894. The molecule has 0 fully saturated rings. The molecule has 0 amide bonds. The van der Waals surface area contributed by atoms with Crippen LogP contribution in [0.4, 0.5) is 0 Å². The molecule has 0 radical (unpaired) electrons. The molecule has 0 aliphatic carbocycles. The van der Waals surface area contributed by atoms with Crippen molar-refractivity contribution in [3.63, 3.8) is 0 Å². The molecule has 7 nitrogen and oxygen atoms in total. The van der Waals surface area contributed by atoms with Crippen molar-refractivity contribution in [2.45, 2.75) is 11.3 Å². The number of benzene rings is 2. The number of fused-ring (bicyclic) bond motifs is 1. The topological polar surface area (TPSA) is 91.3 Å². The van der Waals surface area contributed by atoms with E-state index in [-0.39, 0.29) is 10.6 Å². The van der Waals surface area contributed by atoms with Crippen molar-refractivity contribution in [1.82, 2.24) is 0 Å². The van der Waals surface area contributed by atoms with Gasteiger partial charge in [0.25, 0.3) is 10.1 Å². The third-order valence-electron chi connectivity index (χ3n) is 4.03. The maximum absolute atomic E-state index is 11.7. The summed E-state index contributed by atoms with van der Waals surface area (Å²) in [5, 5.41) is 0. The summed E-state index contributed by atoms with van der Waals surface area (Å²) >= 11 is 0. The van der Waals surface area contributed by atoms with Crippen molar-refractivity contribution < 1.29 is 31.9 Å². The maximum atomic E-state index is 11.7. The molecule has 0 atom stereocenters. The van der Waals surface area contributed by atoms with Crippen LogP contribution in [-0.2, 0) is 16.5 Å². The first-order valence-corrected chi connectivity index (χ1v) is 8.90. The van der Waals surface area contributed by atoms with Crippen LogP contribution in [0.15, 0.2) is 29.2 Å². The summed E-state index contributed by atoms with van der Waals surface area (Å²) in [5.41, 5.74) is 1.98. The van der Waals surface area contributed by atoms with Crippen molar-refractivity contribution in [3.8, 4) is 34.1 Å². The van der Waals surface area contributed by atoms with Crippen LogP contribution in [0.2, 0.25) is 0 Å². The second-order valence-electron chi connectivity index (χ2n) is 5.45. The number of hydrogen-bond donors (Lipinski definition) is 1. The van der Waals surface area contributed by atoms with E-state index in [0.717, 1.165) is 5.56 Å². The van der Waals surface area contributed by atoms with Gasteiger partial charge in [0.2, 0.25) is 5.75 Å². The van der Waals surface area contributed by atoms with Crippen LogP contribution in [0.1, 0.15) is 5.56 Å². The largest absolute Gasteiger partial charge is 0.493 e. The van der Waals surface area contributed by atoms with Gasteiger partial charge >= 0.3 is 0 Å². The van der Waals surface area contributed by atoms with Crippen molar-refractivity contribution in [2.24, 2.45) is 0 Å². The zero-order valence-electron chi connectivity index (χ0n) is 14.0. The molecule has 2 aromatic carbocycles. The summed E-state index contributed by atoms with van der Waals surface area (Å²) in [5.74, 6) is 1.54. The molecule has 8 heteroatoms. The van der Waals surface area contributed by atoms with E-state index in [0.29, 0.717) is 41.4 Å². The molecule has 1 aliphatic rings. The van der Waals surface area contributed by atoms with Gasteiger partial charge in [-0.25, -0.2) is 0 Å². The normalized spacial score (nSPS) is 13.1. The van der Waals surface area contributed by atoms with Gasteiger partial charge in [-0.2, -0.15) is 8.42 Å². The fraction of sp³-hybridized carbons (Fsp3) is 0.294. The summed E-state index contributed by atoms with van der Waals surface area (Å²) in [6.45, 7) is 0.372. The minimum atomic E-state index is -4.41. The van der Waals surface area contributed by atoms with E-state index in [1.807, 2.05) is 6.07 Å². The Kier molecular flexibility index (Phi) is 4.49. The summed E-state index contributed by atoms with van der Waals surface area (Å²) in [4.78, 5) is -0.244. The molecule has 2 aromatic rings. The molecule has 0 unspecified atom stereocenters. The smallest absolute Gasteiger partial charge is 0.298 e. The van der Waals surface area contributed by atoms with Gasteiger partial charge in [0, 0.05) is 6.42 Å². The SMILES string of the molecule is COc1cc(-c2cc3c(c(S(=O)(=O)O)c2)OCC3)cc(OC)c1OC. The van der Waals surface area contributed by atoms with Crippen LogP contribution < -0.4 is 18.9 Å². The first-order chi connectivity index (χ1) is 11.9. The molecule has 25 heavy (non-hydrogen) atoms. The predicted molar refractivity (Wildman–Crippen MR) is 90.5 cm³/mol. The van der Waals surface area contributed by atoms with Crippen LogP contribution in [0.25, 0.3) is 11.1 Å². The third-order valence-corrected chi connectivity index (χ3v) is 4.88. The minimum Gasteiger partial charge on any atom is -0.493 e. The Hall–Kier alpha value is -2.45. The van der Waals surface area contributed by atoms with E-state index in [9.17, 15) is 13.0 Å². The second kappa shape index (κ2) is 6.45. The molecule has 3 rings (SSSR count). The van der Waals surface area contributed by atoms with Crippen LogP contribution in [0.3, 0.4) is 0 Å². The summed E-state index contributed by atoms with van der Waals surface area (Å²) in [6, 6.07) is 6.64. The molecule has 0 saturated carbocycles. The maximum Gasteiger partial charge on any atom is 0.298 e. The zero-order chi connectivity index (χ0) is 18.2. The Labute approximate surface area is 145 Å². The number of rotatable bonds is 5. The van der Waals surface area contributed by atoms with Gasteiger partial charge in [0.1, 0.15) is 10.6 Å². The highest BCUT2D eigenvalue weighted by atomic mass is 32.2. The highest BCUT2D eigenvalue weighted by molar-refractivity contribution is 7.86. The summed E-state index contributed by atoms with van der Waals surface area (Å²) in [7, 11) is 0.0906. The standard InChI is InChI=1S/C17H18O7S/c1-21-13-7-12(8-14(22-2)17(13)23-3)11-6-10-4-5-24-16(10)15(9-11)25(18,19)20/h6-9H,4-5H2,1-3H3,(H,18,19,20). The quantitative estimate of drug-likeness (QED) is 0.813. The van der Waals surface area contributed by atoms with Crippen molar-refractivity contribution in [2.75, 3.05) is 27.9 Å². The Morgan fingerprint density at radius 3 is 2.08 bits per heavy atom. The van der Waals surface area contributed by atoms with Crippen molar-refractivity contribution in [3.05, 3.63) is 29.8 Å². The molecule has 0 aromatic heterocycles. The van der Waals surface area contributed by atoms with Crippen molar-refractivity contribution >= 4 is 10.1 Å². The van der Waals surface area contributed by atoms with E-state index in [2.05, 4.69) is 0 Å². The molecule has 1 heterocycles. The van der Waals surface area contributed by atoms with Crippen molar-refractivity contribution in [1.29, 1.82) is 0 Å². The van der Waals surface area contributed by atoms with Gasteiger partial charge in [-0.05, 0) is 41.0 Å². The van der Waals surface area contributed by atoms with E-state index in [4.69, 9.17) is 18.9 Å². The van der Waals surface area contributed by atoms with Gasteiger partial charge in [-0.3, -0.25) is 4.55 Å². The van der Waals surface area contributed by atoms with E-state index >= 15 is 0 Å². The lowest BCUT2D eigenvalue weighted by Crippen LogP contribution is -2.02.